The summed E-state index contributed by atoms with van der Waals surface area (Å²) in [5.41, 5.74) is 3.62. The quantitative estimate of drug-likeness (QED) is 0.375. The molecule has 1 unspecified atom stereocenters. The Morgan fingerprint density at radius 3 is 2.46 bits per heavy atom. The van der Waals surface area contributed by atoms with Crippen LogP contribution in [0.25, 0.3) is 28.1 Å². The van der Waals surface area contributed by atoms with Gasteiger partial charge in [0.05, 0.1) is 22.9 Å². The van der Waals surface area contributed by atoms with Crippen molar-refractivity contribution in [3.05, 3.63) is 61.1 Å². The number of hydrogen-bond acceptors (Lipinski definition) is 7. The van der Waals surface area contributed by atoms with Crippen molar-refractivity contribution < 1.29 is 14.6 Å². The number of β-amino-alcohol motifs (C(OH)–C–C–N with tert-alkyl or cyclic N) is 1. The summed E-state index contributed by atoms with van der Waals surface area (Å²) in [4.78, 5) is 31.0. The summed E-state index contributed by atoms with van der Waals surface area (Å²) in [6, 6.07) is 16.0. The third-order valence-electron chi connectivity index (χ3n) is 7.38. The predicted octanol–water partition coefficient (Wildman–Crippen LogP) is 5.35. The summed E-state index contributed by atoms with van der Waals surface area (Å²) in [5.74, 6) is 0.810. The van der Waals surface area contributed by atoms with E-state index in [1.165, 1.54) is 0 Å². The van der Waals surface area contributed by atoms with E-state index in [4.69, 9.17) is 4.74 Å². The van der Waals surface area contributed by atoms with E-state index < -0.39 is 5.60 Å². The van der Waals surface area contributed by atoms with Gasteiger partial charge in [-0.15, -0.1) is 0 Å². The molecule has 2 fully saturated rings. The van der Waals surface area contributed by atoms with Crippen LogP contribution in [0.15, 0.2) is 61.1 Å². The summed E-state index contributed by atoms with van der Waals surface area (Å²) >= 11 is 0. The number of nitrogens with zero attached hydrogens (tertiary/aromatic N) is 6. The van der Waals surface area contributed by atoms with Gasteiger partial charge in [-0.2, -0.15) is 0 Å². The summed E-state index contributed by atoms with van der Waals surface area (Å²) in [7, 11) is 0. The van der Waals surface area contributed by atoms with Gasteiger partial charge in [-0.25, -0.2) is 14.8 Å². The number of benzene rings is 1. The van der Waals surface area contributed by atoms with Gasteiger partial charge in [0.1, 0.15) is 17.7 Å². The fourth-order valence-corrected chi connectivity index (χ4v) is 5.33. The van der Waals surface area contributed by atoms with Gasteiger partial charge < -0.3 is 14.7 Å². The number of amides is 1. The summed E-state index contributed by atoms with van der Waals surface area (Å²) < 4.78 is 7.84. The lowest BCUT2D eigenvalue weighted by atomic mass is 9.91. The number of carbonyl (C=O) groups excluding carboxylic acids is 1. The van der Waals surface area contributed by atoms with Gasteiger partial charge in [0, 0.05) is 36.7 Å². The fourth-order valence-electron chi connectivity index (χ4n) is 5.33. The van der Waals surface area contributed by atoms with Gasteiger partial charge in [-0.05, 0) is 88.9 Å². The molecule has 39 heavy (non-hydrogen) atoms. The minimum absolute atomic E-state index is 0.147. The van der Waals surface area contributed by atoms with E-state index in [1.807, 2.05) is 63.2 Å². The molecule has 2 aliphatic rings. The van der Waals surface area contributed by atoms with E-state index in [1.54, 1.807) is 17.4 Å². The molecule has 1 aromatic carbocycles. The van der Waals surface area contributed by atoms with Crippen LogP contribution in [0.3, 0.4) is 0 Å². The first-order chi connectivity index (χ1) is 18.8. The van der Waals surface area contributed by atoms with Crippen molar-refractivity contribution in [2.45, 2.75) is 64.2 Å². The maximum Gasteiger partial charge on any atom is 0.415 e. The van der Waals surface area contributed by atoms with Crippen LogP contribution < -0.4 is 9.80 Å². The number of aliphatic hydroxyl groups excluding tert-OH is 1. The molecule has 1 amide bonds. The molecule has 1 saturated heterocycles. The normalized spacial score (nSPS) is 17.8. The molecule has 202 valence electrons. The Bertz CT molecular complexity index is 1470. The summed E-state index contributed by atoms with van der Waals surface area (Å²) in [6.07, 6.45) is 6.46. The second kappa shape index (κ2) is 9.96. The van der Waals surface area contributed by atoms with Crippen LogP contribution in [0.5, 0.6) is 0 Å². The Kier molecular flexibility index (Phi) is 6.46. The Morgan fingerprint density at radius 2 is 1.85 bits per heavy atom. The lowest BCUT2D eigenvalue weighted by Gasteiger charge is -2.38. The Labute approximate surface area is 228 Å². The standard InChI is InChI=1S/C30H34N6O3/c1-30(2,3)39-29(38)35(20-7-6-8-20)21-10-12-22(13-11-21)36-26(25-9-4-5-15-31-25)17-24-27(32-19-33-28(24)36)34-16-14-23(37)18-34/h4-5,9-13,15,17,19-20,23,37H,6-8,14,16,18H2,1-3H3. The van der Waals surface area contributed by atoms with Crippen LogP contribution in [0.2, 0.25) is 0 Å². The first-order valence-corrected chi connectivity index (χ1v) is 13.6. The highest BCUT2D eigenvalue weighted by atomic mass is 16.6. The Hall–Kier alpha value is -3.98. The molecule has 9 nitrogen and oxygen atoms in total. The number of carbonyl (C=O) groups is 1. The minimum atomic E-state index is -0.566. The zero-order chi connectivity index (χ0) is 27.1. The number of pyridine rings is 1. The van der Waals surface area contributed by atoms with E-state index >= 15 is 0 Å². The maximum atomic E-state index is 13.2. The monoisotopic (exact) mass is 526 g/mol. The number of anilines is 2. The molecule has 1 N–H and O–H groups in total. The Balaban J connectivity index is 1.43. The molecule has 9 heteroatoms. The lowest BCUT2D eigenvalue weighted by molar-refractivity contribution is 0.0549. The van der Waals surface area contributed by atoms with Crippen LogP contribution >= 0.6 is 0 Å². The molecule has 1 aliphatic carbocycles. The average Bonchev–Trinajstić information content (AvgIpc) is 3.49. The van der Waals surface area contributed by atoms with Gasteiger partial charge in [0.2, 0.25) is 0 Å². The van der Waals surface area contributed by atoms with Crippen molar-refractivity contribution >= 4 is 28.6 Å². The van der Waals surface area contributed by atoms with Crippen LogP contribution in [-0.4, -0.2) is 61.6 Å². The van der Waals surface area contributed by atoms with Crippen molar-refractivity contribution in [2.24, 2.45) is 0 Å². The smallest absolute Gasteiger partial charge is 0.415 e. The lowest BCUT2D eigenvalue weighted by Crippen LogP contribution is -2.46. The summed E-state index contributed by atoms with van der Waals surface area (Å²) in [6.45, 7) is 6.97. The zero-order valence-electron chi connectivity index (χ0n) is 22.6. The molecule has 6 rings (SSSR count). The molecule has 0 bridgehead atoms. The van der Waals surface area contributed by atoms with Crippen molar-refractivity contribution in [1.82, 2.24) is 19.5 Å². The highest BCUT2D eigenvalue weighted by Gasteiger charge is 2.33. The Morgan fingerprint density at radius 1 is 1.05 bits per heavy atom. The molecule has 0 radical (unpaired) electrons. The maximum absolute atomic E-state index is 13.2. The first kappa shape index (κ1) is 25.3. The molecule has 1 atom stereocenters. The van der Waals surface area contributed by atoms with E-state index in [2.05, 4.69) is 30.5 Å². The van der Waals surface area contributed by atoms with Crippen molar-refractivity contribution in [2.75, 3.05) is 22.9 Å². The van der Waals surface area contributed by atoms with Crippen LogP contribution in [0, 0.1) is 0 Å². The molecular weight excluding hydrogens is 492 g/mol. The average molecular weight is 527 g/mol. The third-order valence-corrected chi connectivity index (χ3v) is 7.38. The van der Waals surface area contributed by atoms with Gasteiger partial charge in [0.15, 0.2) is 5.65 Å². The molecule has 4 aromatic rings. The largest absolute Gasteiger partial charge is 0.443 e. The van der Waals surface area contributed by atoms with E-state index in [0.717, 1.165) is 71.8 Å². The molecule has 3 aromatic heterocycles. The fraction of sp³-hybridized carbons (Fsp3) is 0.400. The van der Waals surface area contributed by atoms with Crippen molar-refractivity contribution in [3.8, 4) is 17.1 Å². The number of fused-ring (bicyclic) bond motifs is 1. The number of hydrogen-bond donors (Lipinski definition) is 1. The molecule has 1 saturated carbocycles. The van der Waals surface area contributed by atoms with Gasteiger partial charge in [-0.1, -0.05) is 6.07 Å². The second-order valence-electron chi connectivity index (χ2n) is 11.4. The first-order valence-electron chi connectivity index (χ1n) is 13.6. The number of ether oxygens (including phenoxy) is 1. The van der Waals surface area contributed by atoms with E-state index in [9.17, 15) is 9.90 Å². The van der Waals surface area contributed by atoms with E-state index in [0.29, 0.717) is 6.54 Å². The van der Waals surface area contributed by atoms with E-state index in [-0.39, 0.29) is 18.2 Å². The third kappa shape index (κ3) is 4.94. The van der Waals surface area contributed by atoms with Crippen molar-refractivity contribution in [3.63, 3.8) is 0 Å². The molecule has 4 heterocycles. The molecular formula is C30H34N6O3. The zero-order valence-corrected chi connectivity index (χ0v) is 22.6. The predicted molar refractivity (Wildman–Crippen MR) is 151 cm³/mol. The SMILES string of the molecule is CC(C)(C)OC(=O)N(c1ccc(-n2c(-c3ccccn3)cc3c(N4CCC(O)C4)ncnc32)cc1)C1CCC1. The highest BCUT2D eigenvalue weighted by molar-refractivity contribution is 5.94. The molecule has 1 aliphatic heterocycles. The van der Waals surface area contributed by atoms with Crippen LogP contribution in [0.4, 0.5) is 16.3 Å². The van der Waals surface area contributed by atoms with Crippen molar-refractivity contribution in [1.29, 1.82) is 0 Å². The topological polar surface area (TPSA) is 96.6 Å². The van der Waals surface area contributed by atoms with Crippen LogP contribution in [0.1, 0.15) is 46.5 Å². The number of aromatic nitrogens is 4. The highest BCUT2D eigenvalue weighted by Crippen LogP contribution is 2.36. The van der Waals surface area contributed by atoms with Gasteiger partial charge in [-0.3, -0.25) is 14.5 Å². The van der Waals surface area contributed by atoms with Crippen LogP contribution in [-0.2, 0) is 4.74 Å². The number of aliphatic hydroxyl groups is 1. The van der Waals surface area contributed by atoms with Gasteiger partial charge >= 0.3 is 6.09 Å². The summed E-state index contributed by atoms with van der Waals surface area (Å²) in [5, 5.41) is 11.0. The number of rotatable bonds is 5. The molecule has 0 spiro atoms. The van der Waals surface area contributed by atoms with Gasteiger partial charge in [0.25, 0.3) is 0 Å². The minimum Gasteiger partial charge on any atom is -0.443 e. The second-order valence-corrected chi connectivity index (χ2v) is 11.4.